The van der Waals surface area contributed by atoms with Crippen molar-refractivity contribution in [3.63, 3.8) is 0 Å². The predicted octanol–water partition coefficient (Wildman–Crippen LogP) is 8.88. The van der Waals surface area contributed by atoms with Crippen molar-refractivity contribution in [3.8, 4) is 0 Å². The van der Waals surface area contributed by atoms with Gasteiger partial charge in [0.05, 0.1) is 0 Å². The van der Waals surface area contributed by atoms with Gasteiger partial charge >= 0.3 is 0 Å². The Hall–Kier alpha value is -1.63. The molecular formula is C30H43F. The Morgan fingerprint density at radius 2 is 1.26 bits per heavy atom. The Morgan fingerprint density at radius 3 is 1.87 bits per heavy atom. The van der Waals surface area contributed by atoms with Crippen molar-refractivity contribution >= 4 is 0 Å². The van der Waals surface area contributed by atoms with E-state index in [0.29, 0.717) is 0 Å². The summed E-state index contributed by atoms with van der Waals surface area (Å²) in [5.41, 5.74) is 4.73. The zero-order valence-electron chi connectivity index (χ0n) is 20.0. The average molecular weight is 423 g/mol. The van der Waals surface area contributed by atoms with Crippen LogP contribution in [0.15, 0.2) is 42.5 Å². The van der Waals surface area contributed by atoms with E-state index in [-0.39, 0.29) is 5.82 Å². The molecule has 0 atom stereocenters. The summed E-state index contributed by atoms with van der Waals surface area (Å²) >= 11 is 0. The fourth-order valence-corrected chi connectivity index (χ4v) is 5.25. The minimum Gasteiger partial charge on any atom is -0.207 e. The standard InChI is InChI=1S/C30H43F/c1-3-5-6-8-25-11-15-26(16-12-25)17-18-28-20-22-29(30(31)23-28)21-19-27-13-9-24(7-4-2)10-14-27/h9-10,13-14,20,22-23,25-26H,3-8,11-12,15-19,21H2,1-2H3. The summed E-state index contributed by atoms with van der Waals surface area (Å²) in [5, 5.41) is 0. The van der Waals surface area contributed by atoms with Gasteiger partial charge in [0.2, 0.25) is 0 Å². The quantitative estimate of drug-likeness (QED) is 0.300. The molecule has 0 unspecified atom stereocenters. The highest BCUT2D eigenvalue weighted by Crippen LogP contribution is 2.34. The van der Waals surface area contributed by atoms with E-state index in [9.17, 15) is 4.39 Å². The minimum atomic E-state index is -0.0141. The molecule has 0 heterocycles. The summed E-state index contributed by atoms with van der Waals surface area (Å²) in [4.78, 5) is 0. The van der Waals surface area contributed by atoms with E-state index in [2.05, 4.69) is 44.2 Å². The van der Waals surface area contributed by atoms with Crippen LogP contribution in [0.3, 0.4) is 0 Å². The highest BCUT2D eigenvalue weighted by atomic mass is 19.1. The summed E-state index contributed by atoms with van der Waals surface area (Å²) in [6, 6.07) is 14.8. The first-order valence-electron chi connectivity index (χ1n) is 13.0. The third-order valence-corrected chi connectivity index (χ3v) is 7.39. The van der Waals surface area contributed by atoms with Crippen molar-refractivity contribution in [2.45, 2.75) is 104 Å². The summed E-state index contributed by atoms with van der Waals surface area (Å²) < 4.78 is 14.7. The molecule has 1 aliphatic carbocycles. The van der Waals surface area contributed by atoms with Crippen LogP contribution in [-0.4, -0.2) is 0 Å². The van der Waals surface area contributed by atoms with Gasteiger partial charge in [-0.15, -0.1) is 0 Å². The maximum absolute atomic E-state index is 14.7. The van der Waals surface area contributed by atoms with E-state index in [0.717, 1.165) is 43.1 Å². The molecular weight excluding hydrogens is 379 g/mol. The molecule has 0 radical (unpaired) electrons. The van der Waals surface area contributed by atoms with Crippen molar-refractivity contribution in [3.05, 3.63) is 70.5 Å². The van der Waals surface area contributed by atoms with Gasteiger partial charge in [0.1, 0.15) is 5.82 Å². The maximum atomic E-state index is 14.7. The van der Waals surface area contributed by atoms with Crippen LogP contribution in [0, 0.1) is 17.7 Å². The van der Waals surface area contributed by atoms with Gasteiger partial charge in [0, 0.05) is 0 Å². The van der Waals surface area contributed by atoms with E-state index in [4.69, 9.17) is 0 Å². The largest absolute Gasteiger partial charge is 0.207 e. The molecule has 0 bridgehead atoms. The molecule has 1 saturated carbocycles. The van der Waals surface area contributed by atoms with E-state index >= 15 is 0 Å². The molecule has 0 aliphatic heterocycles. The molecule has 1 heteroatoms. The van der Waals surface area contributed by atoms with Crippen molar-refractivity contribution in [2.75, 3.05) is 0 Å². The van der Waals surface area contributed by atoms with E-state index in [1.807, 2.05) is 6.07 Å². The topological polar surface area (TPSA) is 0 Å². The normalized spacial score (nSPS) is 18.9. The zero-order valence-corrected chi connectivity index (χ0v) is 20.0. The monoisotopic (exact) mass is 422 g/mol. The highest BCUT2D eigenvalue weighted by molar-refractivity contribution is 5.27. The molecule has 1 aliphatic rings. The Bertz CT molecular complexity index is 752. The first-order chi connectivity index (χ1) is 15.2. The number of hydrogen-bond donors (Lipinski definition) is 0. The molecule has 31 heavy (non-hydrogen) atoms. The molecule has 0 aromatic heterocycles. The maximum Gasteiger partial charge on any atom is 0.126 e. The summed E-state index contributed by atoms with van der Waals surface area (Å²) in [6.45, 7) is 4.50. The van der Waals surface area contributed by atoms with Crippen LogP contribution in [0.25, 0.3) is 0 Å². The second-order valence-corrected chi connectivity index (χ2v) is 9.91. The molecule has 3 rings (SSSR count). The lowest BCUT2D eigenvalue weighted by Crippen LogP contribution is -2.15. The van der Waals surface area contributed by atoms with Gasteiger partial charge in [-0.3, -0.25) is 0 Å². The van der Waals surface area contributed by atoms with Crippen LogP contribution in [0.2, 0.25) is 0 Å². The van der Waals surface area contributed by atoms with Crippen molar-refractivity contribution in [2.24, 2.45) is 11.8 Å². The van der Waals surface area contributed by atoms with Gasteiger partial charge in [-0.2, -0.15) is 0 Å². The van der Waals surface area contributed by atoms with Crippen molar-refractivity contribution in [1.82, 2.24) is 0 Å². The molecule has 0 N–H and O–H groups in total. The second kappa shape index (κ2) is 13.0. The number of halogens is 1. The van der Waals surface area contributed by atoms with Gasteiger partial charge in [0.15, 0.2) is 0 Å². The number of hydrogen-bond acceptors (Lipinski definition) is 0. The molecule has 0 saturated heterocycles. The lowest BCUT2D eigenvalue weighted by molar-refractivity contribution is 0.249. The molecule has 1 fully saturated rings. The van der Waals surface area contributed by atoms with Gasteiger partial charge in [-0.05, 0) is 72.3 Å². The number of benzene rings is 2. The Morgan fingerprint density at radius 1 is 0.645 bits per heavy atom. The van der Waals surface area contributed by atoms with Gasteiger partial charge in [-0.1, -0.05) is 108 Å². The third-order valence-electron chi connectivity index (χ3n) is 7.39. The smallest absolute Gasteiger partial charge is 0.126 e. The molecule has 2 aromatic carbocycles. The summed E-state index contributed by atoms with van der Waals surface area (Å²) in [7, 11) is 0. The second-order valence-electron chi connectivity index (χ2n) is 9.91. The number of aryl methyl sites for hydroxylation is 4. The highest BCUT2D eigenvalue weighted by Gasteiger charge is 2.20. The fraction of sp³-hybridized carbons (Fsp3) is 0.600. The Balaban J connectivity index is 1.40. The lowest BCUT2D eigenvalue weighted by Gasteiger charge is -2.28. The van der Waals surface area contributed by atoms with Crippen LogP contribution in [0.4, 0.5) is 4.39 Å². The van der Waals surface area contributed by atoms with Crippen LogP contribution in [0.1, 0.15) is 100 Å². The molecule has 0 spiro atoms. The van der Waals surface area contributed by atoms with E-state index < -0.39 is 0 Å². The summed E-state index contributed by atoms with van der Waals surface area (Å²) in [6.07, 6.45) is 17.4. The van der Waals surface area contributed by atoms with E-state index in [1.165, 1.54) is 80.9 Å². The van der Waals surface area contributed by atoms with Gasteiger partial charge < -0.3 is 0 Å². The average Bonchev–Trinajstić information content (AvgIpc) is 2.79. The molecule has 2 aromatic rings. The van der Waals surface area contributed by atoms with Gasteiger partial charge in [-0.25, -0.2) is 4.39 Å². The summed E-state index contributed by atoms with van der Waals surface area (Å²) in [5.74, 6) is 1.81. The fourth-order valence-electron chi connectivity index (χ4n) is 5.25. The lowest BCUT2D eigenvalue weighted by atomic mass is 9.78. The minimum absolute atomic E-state index is 0.0141. The molecule has 0 amide bonds. The van der Waals surface area contributed by atoms with E-state index in [1.54, 1.807) is 6.07 Å². The Kier molecular flexibility index (Phi) is 10.1. The predicted molar refractivity (Wildman–Crippen MR) is 132 cm³/mol. The van der Waals surface area contributed by atoms with Crippen molar-refractivity contribution in [1.29, 1.82) is 0 Å². The number of unbranched alkanes of at least 4 members (excludes halogenated alkanes) is 2. The SMILES string of the molecule is CCCCCC1CCC(CCc2ccc(CCc3ccc(CCC)cc3)c(F)c2)CC1. The molecule has 0 nitrogen and oxygen atoms in total. The van der Waals surface area contributed by atoms with Crippen LogP contribution in [-0.2, 0) is 25.7 Å². The third kappa shape index (κ3) is 8.09. The zero-order chi connectivity index (χ0) is 21.9. The van der Waals surface area contributed by atoms with Gasteiger partial charge in [0.25, 0.3) is 0 Å². The number of rotatable bonds is 12. The van der Waals surface area contributed by atoms with Crippen LogP contribution in [0.5, 0.6) is 0 Å². The van der Waals surface area contributed by atoms with Crippen LogP contribution < -0.4 is 0 Å². The first kappa shape index (κ1) is 24.0. The first-order valence-corrected chi connectivity index (χ1v) is 13.0. The molecule has 170 valence electrons. The Labute approximate surface area is 190 Å². The van der Waals surface area contributed by atoms with Crippen molar-refractivity contribution < 1.29 is 4.39 Å². The van der Waals surface area contributed by atoms with Crippen LogP contribution >= 0.6 is 0 Å².